The third-order valence-electron chi connectivity index (χ3n) is 2.72. The lowest BCUT2D eigenvalue weighted by Gasteiger charge is -2.14. The molecule has 0 aliphatic heterocycles. The van der Waals surface area contributed by atoms with E-state index in [9.17, 15) is 4.39 Å². The first-order valence-corrected chi connectivity index (χ1v) is 6.65. The van der Waals surface area contributed by atoms with Crippen molar-refractivity contribution in [2.24, 2.45) is 0 Å². The summed E-state index contributed by atoms with van der Waals surface area (Å²) in [5, 5.41) is -0.0119. The molecule has 1 nitrogen and oxygen atoms in total. The van der Waals surface area contributed by atoms with Crippen molar-refractivity contribution in [3.8, 4) is 5.75 Å². The Morgan fingerprint density at radius 2 is 1.84 bits per heavy atom. The summed E-state index contributed by atoms with van der Waals surface area (Å²) in [6, 6.07) is 9.50. The summed E-state index contributed by atoms with van der Waals surface area (Å²) in [5.41, 5.74) is 0.895. The van der Waals surface area contributed by atoms with Crippen LogP contribution in [-0.4, -0.2) is 7.11 Å². The molecular weight excluding hydrogens is 310 g/mol. The standard InChI is InChI=1S/C14H10Cl3FO/c1-19-12-6-5-8(7-10(12)16)14(17)13-9(15)3-2-4-11(13)18/h2-7,14H,1H3. The van der Waals surface area contributed by atoms with Crippen molar-refractivity contribution in [2.75, 3.05) is 7.11 Å². The highest BCUT2D eigenvalue weighted by Crippen LogP contribution is 2.37. The van der Waals surface area contributed by atoms with Gasteiger partial charge in [-0.05, 0) is 29.8 Å². The van der Waals surface area contributed by atoms with Crippen LogP contribution in [0.3, 0.4) is 0 Å². The smallest absolute Gasteiger partial charge is 0.137 e. The molecule has 0 fully saturated rings. The van der Waals surface area contributed by atoms with Gasteiger partial charge in [0.05, 0.1) is 17.5 Å². The molecule has 2 aromatic carbocycles. The highest BCUT2D eigenvalue weighted by atomic mass is 35.5. The van der Waals surface area contributed by atoms with Gasteiger partial charge in [-0.3, -0.25) is 0 Å². The monoisotopic (exact) mass is 318 g/mol. The molecule has 0 spiro atoms. The summed E-state index contributed by atoms with van der Waals surface area (Å²) in [7, 11) is 1.52. The molecule has 0 aliphatic carbocycles. The minimum Gasteiger partial charge on any atom is -0.495 e. The SMILES string of the molecule is COc1ccc(C(Cl)c2c(F)cccc2Cl)cc1Cl. The van der Waals surface area contributed by atoms with Crippen molar-refractivity contribution >= 4 is 34.8 Å². The fourth-order valence-corrected chi connectivity index (χ4v) is 2.71. The zero-order valence-corrected chi connectivity index (χ0v) is 12.2. The third kappa shape index (κ3) is 2.97. The van der Waals surface area contributed by atoms with Gasteiger partial charge in [0.25, 0.3) is 0 Å². The Morgan fingerprint density at radius 3 is 2.42 bits per heavy atom. The molecule has 0 aliphatic rings. The predicted molar refractivity (Wildman–Crippen MR) is 77.1 cm³/mol. The van der Waals surface area contributed by atoms with Gasteiger partial charge < -0.3 is 4.74 Å². The van der Waals surface area contributed by atoms with Gasteiger partial charge in [-0.25, -0.2) is 4.39 Å². The lowest BCUT2D eigenvalue weighted by Crippen LogP contribution is -1.98. The predicted octanol–water partition coefficient (Wildman–Crippen LogP) is 5.47. The van der Waals surface area contributed by atoms with Gasteiger partial charge in [-0.15, -0.1) is 11.6 Å². The van der Waals surface area contributed by atoms with Crippen LogP contribution >= 0.6 is 34.8 Å². The van der Waals surface area contributed by atoms with E-state index in [0.717, 1.165) is 0 Å². The fraction of sp³-hybridized carbons (Fsp3) is 0.143. The molecular formula is C14H10Cl3FO. The largest absolute Gasteiger partial charge is 0.495 e. The van der Waals surface area contributed by atoms with E-state index in [1.165, 1.54) is 19.2 Å². The van der Waals surface area contributed by atoms with Crippen LogP contribution < -0.4 is 4.74 Å². The average Bonchev–Trinajstić information content (AvgIpc) is 2.38. The summed E-state index contributed by atoms with van der Waals surface area (Å²) in [6.07, 6.45) is 0. The molecule has 0 amide bonds. The second-order valence-corrected chi connectivity index (χ2v) is 5.14. The van der Waals surface area contributed by atoms with Crippen LogP contribution in [0.25, 0.3) is 0 Å². The number of hydrogen-bond donors (Lipinski definition) is 0. The van der Waals surface area contributed by atoms with Crippen LogP contribution in [0.4, 0.5) is 4.39 Å². The van der Waals surface area contributed by atoms with E-state index in [1.54, 1.807) is 24.3 Å². The fourth-order valence-electron chi connectivity index (χ4n) is 1.76. The van der Waals surface area contributed by atoms with Crippen LogP contribution in [0.5, 0.6) is 5.75 Å². The van der Waals surface area contributed by atoms with E-state index in [4.69, 9.17) is 39.5 Å². The number of alkyl halides is 1. The maximum Gasteiger partial charge on any atom is 0.137 e. The molecule has 0 saturated carbocycles. The molecule has 0 saturated heterocycles. The van der Waals surface area contributed by atoms with E-state index < -0.39 is 11.2 Å². The highest BCUT2D eigenvalue weighted by molar-refractivity contribution is 6.33. The minimum atomic E-state index is -0.711. The Bertz CT molecular complexity index is 581. The van der Waals surface area contributed by atoms with Gasteiger partial charge in [0, 0.05) is 10.6 Å². The molecule has 5 heteroatoms. The topological polar surface area (TPSA) is 9.23 Å². The van der Waals surface area contributed by atoms with E-state index in [2.05, 4.69) is 0 Å². The molecule has 1 unspecified atom stereocenters. The quantitative estimate of drug-likeness (QED) is 0.682. The normalized spacial score (nSPS) is 12.3. The Hall–Kier alpha value is -0.960. The van der Waals surface area contributed by atoms with Crippen molar-refractivity contribution < 1.29 is 9.13 Å². The zero-order chi connectivity index (χ0) is 14.0. The second kappa shape index (κ2) is 6.00. The lowest BCUT2D eigenvalue weighted by molar-refractivity contribution is 0.415. The molecule has 100 valence electrons. The first-order valence-electron chi connectivity index (χ1n) is 5.46. The molecule has 0 N–H and O–H groups in total. The number of methoxy groups -OCH3 is 1. The first-order chi connectivity index (χ1) is 9.04. The van der Waals surface area contributed by atoms with Crippen molar-refractivity contribution in [2.45, 2.75) is 5.38 Å². The Morgan fingerprint density at radius 1 is 1.11 bits per heavy atom. The Labute approximate surface area is 125 Å². The van der Waals surface area contributed by atoms with Crippen molar-refractivity contribution in [1.82, 2.24) is 0 Å². The van der Waals surface area contributed by atoms with Gasteiger partial charge in [-0.1, -0.05) is 35.3 Å². The molecule has 0 aromatic heterocycles. The maximum atomic E-state index is 13.8. The summed E-state index contributed by atoms with van der Waals surface area (Å²) in [6.45, 7) is 0. The van der Waals surface area contributed by atoms with Crippen LogP contribution in [0, 0.1) is 5.82 Å². The number of rotatable bonds is 3. The molecule has 2 aromatic rings. The Kier molecular flexibility index (Phi) is 4.56. The van der Waals surface area contributed by atoms with Gasteiger partial charge in [0.1, 0.15) is 11.6 Å². The zero-order valence-electron chi connectivity index (χ0n) is 9.96. The van der Waals surface area contributed by atoms with Crippen LogP contribution in [-0.2, 0) is 0 Å². The summed E-state index contributed by atoms with van der Waals surface area (Å²) in [5.74, 6) is 0.0911. The molecule has 1 atom stereocenters. The van der Waals surface area contributed by atoms with Gasteiger partial charge in [0.2, 0.25) is 0 Å². The number of halogens is 4. The highest BCUT2D eigenvalue weighted by Gasteiger charge is 2.19. The van der Waals surface area contributed by atoms with Gasteiger partial charge in [-0.2, -0.15) is 0 Å². The van der Waals surface area contributed by atoms with Crippen LogP contribution in [0.15, 0.2) is 36.4 Å². The van der Waals surface area contributed by atoms with Crippen molar-refractivity contribution in [1.29, 1.82) is 0 Å². The molecule has 19 heavy (non-hydrogen) atoms. The van der Waals surface area contributed by atoms with Crippen molar-refractivity contribution in [3.63, 3.8) is 0 Å². The average molecular weight is 320 g/mol. The lowest BCUT2D eigenvalue weighted by atomic mass is 10.0. The number of hydrogen-bond acceptors (Lipinski definition) is 1. The van der Waals surface area contributed by atoms with E-state index in [-0.39, 0.29) is 10.6 Å². The van der Waals surface area contributed by atoms with Crippen molar-refractivity contribution in [3.05, 3.63) is 63.4 Å². The molecule has 0 radical (unpaired) electrons. The van der Waals surface area contributed by atoms with Gasteiger partial charge >= 0.3 is 0 Å². The van der Waals surface area contributed by atoms with E-state index >= 15 is 0 Å². The maximum absolute atomic E-state index is 13.8. The van der Waals surface area contributed by atoms with Gasteiger partial charge in [0.15, 0.2) is 0 Å². The number of benzene rings is 2. The second-order valence-electron chi connectivity index (χ2n) is 3.89. The molecule has 2 rings (SSSR count). The summed E-state index contributed by atoms with van der Waals surface area (Å²) in [4.78, 5) is 0. The van der Waals surface area contributed by atoms with Crippen LogP contribution in [0.2, 0.25) is 10.0 Å². The summed E-state index contributed by atoms with van der Waals surface area (Å²) >= 11 is 18.3. The minimum absolute atomic E-state index is 0.243. The summed E-state index contributed by atoms with van der Waals surface area (Å²) < 4.78 is 18.9. The molecule has 0 bridgehead atoms. The third-order valence-corrected chi connectivity index (χ3v) is 3.82. The van der Waals surface area contributed by atoms with E-state index in [0.29, 0.717) is 16.3 Å². The first kappa shape index (κ1) is 14.4. The number of ether oxygens (including phenoxy) is 1. The Balaban J connectivity index is 2.44. The molecule has 0 heterocycles. The van der Waals surface area contributed by atoms with Crippen LogP contribution in [0.1, 0.15) is 16.5 Å². The van der Waals surface area contributed by atoms with E-state index in [1.807, 2.05) is 0 Å².